The monoisotopic (exact) mass is 522 g/mol. The van der Waals surface area contributed by atoms with Crippen LogP contribution in [0.5, 0.6) is 0 Å². The van der Waals surface area contributed by atoms with Gasteiger partial charge in [0.15, 0.2) is 11.9 Å². The highest BCUT2D eigenvalue weighted by molar-refractivity contribution is 7.89. The highest BCUT2D eigenvalue weighted by atomic mass is 32.2. The molecule has 1 aliphatic heterocycles. The summed E-state index contributed by atoms with van der Waals surface area (Å²) in [6.45, 7) is -0.438. The number of carbonyl (C=O) groups is 1. The first kappa shape index (κ1) is 25.9. The molecule has 1 fully saturated rings. The summed E-state index contributed by atoms with van der Waals surface area (Å²) in [5.74, 6) is -1.46. The van der Waals surface area contributed by atoms with Gasteiger partial charge in [-0.25, -0.2) is 13.2 Å². The number of carboxylic acids is 1. The lowest BCUT2D eigenvalue weighted by Crippen LogP contribution is -2.61. The molecule has 0 saturated carbocycles. The van der Waals surface area contributed by atoms with E-state index in [1.54, 1.807) is 29.2 Å². The maximum atomic E-state index is 12.7. The lowest BCUT2D eigenvalue weighted by atomic mass is 9.99. The zero-order chi connectivity index (χ0) is 26.0. The van der Waals surface area contributed by atoms with Crippen LogP contribution in [0.15, 0.2) is 64.0 Å². The summed E-state index contributed by atoms with van der Waals surface area (Å²) in [5, 5.41) is 52.2. The summed E-state index contributed by atoms with van der Waals surface area (Å²) >= 11 is 0. The smallest absolute Gasteiger partial charge is 0.335 e. The Morgan fingerprint density at radius 2 is 1.64 bits per heavy atom. The molecule has 1 aromatic heterocycles. The second-order valence-electron chi connectivity index (χ2n) is 7.82. The lowest BCUT2D eigenvalue weighted by Gasteiger charge is -2.37. The van der Waals surface area contributed by atoms with Crippen LogP contribution < -0.4 is 4.89 Å². The van der Waals surface area contributed by atoms with Gasteiger partial charge in [0.25, 0.3) is 10.0 Å². The van der Waals surface area contributed by atoms with Crippen molar-refractivity contribution in [2.45, 2.75) is 42.2 Å². The Morgan fingerprint density at radius 1 is 0.972 bits per heavy atom. The Balaban J connectivity index is 1.53. The first-order valence-electron chi connectivity index (χ1n) is 10.5. The van der Waals surface area contributed by atoms with Crippen LogP contribution in [0, 0.1) is 0 Å². The van der Waals surface area contributed by atoms with Crippen LogP contribution in [0.4, 0.5) is 0 Å². The molecule has 36 heavy (non-hydrogen) atoms. The molecule has 192 valence electrons. The highest BCUT2D eigenvalue weighted by Gasteiger charge is 2.48. The van der Waals surface area contributed by atoms with Crippen molar-refractivity contribution in [2.75, 3.05) is 0 Å². The third kappa shape index (κ3) is 5.02. The largest absolute Gasteiger partial charge is 0.479 e. The summed E-state index contributed by atoms with van der Waals surface area (Å²) in [6.07, 6.45) is -9.74. The van der Waals surface area contributed by atoms with Crippen molar-refractivity contribution in [2.24, 2.45) is 0 Å². The molecule has 6 N–H and O–H groups in total. The molecule has 0 bridgehead atoms. The minimum atomic E-state index is -4.36. The molecule has 1 saturated heterocycles. The first-order chi connectivity index (χ1) is 17.1. The number of benzene rings is 2. The van der Waals surface area contributed by atoms with E-state index in [9.17, 15) is 33.6 Å². The number of hydrogen-bond acceptors (Lipinski definition) is 11. The van der Waals surface area contributed by atoms with E-state index in [0.717, 1.165) is 5.56 Å². The first-order valence-corrected chi connectivity index (χ1v) is 12.0. The van der Waals surface area contributed by atoms with Gasteiger partial charge in [0.1, 0.15) is 30.6 Å². The molecule has 13 nitrogen and oxygen atoms in total. The molecule has 0 unspecified atom stereocenters. The van der Waals surface area contributed by atoms with Crippen LogP contribution in [0.2, 0.25) is 0 Å². The zero-order valence-corrected chi connectivity index (χ0v) is 19.1. The molecule has 0 radical (unpaired) electrons. The zero-order valence-electron chi connectivity index (χ0n) is 18.3. The Hall–Kier alpha value is -3.21. The standard InChI is InChI=1S/C22H22N2O11S/c25-10-14-15(16(23-34-14)12-4-2-1-3-5-12)11-6-8-13(9-7-11)36(31,32)24-35-22-19(28)17(26)18(27)20(33-22)21(29)30/h1-9,17-20,22,24-28H,10H2,(H,29,30)/t17-,18-,19+,20-,22-/m0/s1. The second-order valence-corrected chi connectivity index (χ2v) is 9.46. The van der Waals surface area contributed by atoms with E-state index in [0.29, 0.717) is 16.8 Å². The van der Waals surface area contributed by atoms with E-state index in [4.69, 9.17) is 19.2 Å². The number of hydrogen-bond donors (Lipinski definition) is 6. The molecule has 2 heterocycles. The number of aliphatic hydroxyl groups excluding tert-OH is 4. The Bertz CT molecular complexity index is 1310. The summed E-state index contributed by atoms with van der Waals surface area (Å²) in [4.78, 5) is 17.4. The molecule has 0 spiro atoms. The quantitative estimate of drug-likeness (QED) is 0.209. The van der Waals surface area contributed by atoms with Gasteiger partial charge in [0.05, 0.1) is 10.5 Å². The van der Waals surface area contributed by atoms with Crippen LogP contribution in [-0.4, -0.2) is 75.8 Å². The number of aliphatic carboxylic acids is 1. The van der Waals surface area contributed by atoms with E-state index in [-0.39, 0.29) is 10.7 Å². The van der Waals surface area contributed by atoms with Crippen molar-refractivity contribution >= 4 is 16.0 Å². The molecule has 3 aromatic rings. The molecule has 4 rings (SSSR count). The minimum Gasteiger partial charge on any atom is -0.479 e. The molecule has 1 aliphatic rings. The van der Waals surface area contributed by atoms with Gasteiger partial charge in [-0.1, -0.05) is 52.5 Å². The Labute approximate surface area is 204 Å². The number of rotatable bonds is 8. The van der Waals surface area contributed by atoms with Crippen molar-refractivity contribution in [3.8, 4) is 22.4 Å². The molecule has 0 aliphatic carbocycles. The average Bonchev–Trinajstić information content (AvgIpc) is 3.31. The third-order valence-corrected chi connectivity index (χ3v) is 6.70. The van der Waals surface area contributed by atoms with Crippen LogP contribution in [0.25, 0.3) is 22.4 Å². The maximum absolute atomic E-state index is 12.7. The van der Waals surface area contributed by atoms with Crippen molar-refractivity contribution in [1.29, 1.82) is 0 Å². The van der Waals surface area contributed by atoms with Crippen molar-refractivity contribution in [3.63, 3.8) is 0 Å². The summed E-state index contributed by atoms with van der Waals surface area (Å²) < 4.78 is 35.5. The lowest BCUT2D eigenvalue weighted by molar-refractivity contribution is -0.301. The van der Waals surface area contributed by atoms with Gasteiger partial charge in [0.2, 0.25) is 6.29 Å². The molecule has 0 amide bonds. The molecule has 2 aromatic carbocycles. The van der Waals surface area contributed by atoms with E-state index in [1.165, 1.54) is 24.3 Å². The van der Waals surface area contributed by atoms with Crippen LogP contribution in [0.1, 0.15) is 5.76 Å². The number of carboxylic acid groups (broad SMARTS) is 1. The van der Waals surface area contributed by atoms with Crippen molar-refractivity contribution in [3.05, 3.63) is 60.4 Å². The molecular weight excluding hydrogens is 500 g/mol. The van der Waals surface area contributed by atoms with Gasteiger partial charge < -0.3 is 34.8 Å². The second kappa shape index (κ2) is 10.4. The van der Waals surface area contributed by atoms with Crippen LogP contribution in [-0.2, 0) is 31.0 Å². The van der Waals surface area contributed by atoms with Crippen molar-refractivity contribution in [1.82, 2.24) is 10.0 Å². The fourth-order valence-electron chi connectivity index (χ4n) is 3.63. The fraction of sp³-hybridized carbons (Fsp3) is 0.273. The van der Waals surface area contributed by atoms with E-state index < -0.39 is 53.3 Å². The van der Waals surface area contributed by atoms with Gasteiger partial charge in [-0.2, -0.15) is 0 Å². The number of aromatic nitrogens is 1. The van der Waals surface area contributed by atoms with E-state index >= 15 is 0 Å². The number of nitrogens with one attached hydrogen (secondary N) is 1. The number of sulfonamides is 1. The minimum absolute atomic E-state index is 0.183. The number of nitrogens with zero attached hydrogens (tertiary/aromatic N) is 1. The van der Waals surface area contributed by atoms with Crippen molar-refractivity contribution < 1.29 is 52.8 Å². The predicted molar refractivity (Wildman–Crippen MR) is 119 cm³/mol. The van der Waals surface area contributed by atoms with Gasteiger partial charge in [-0.3, -0.25) is 4.84 Å². The maximum Gasteiger partial charge on any atom is 0.335 e. The fourth-order valence-corrected chi connectivity index (χ4v) is 4.44. The highest BCUT2D eigenvalue weighted by Crippen LogP contribution is 2.35. The molecule has 14 heteroatoms. The van der Waals surface area contributed by atoms with Crippen LogP contribution >= 0.6 is 0 Å². The van der Waals surface area contributed by atoms with Gasteiger partial charge >= 0.3 is 5.97 Å². The summed E-state index contributed by atoms with van der Waals surface area (Å²) in [6, 6.07) is 14.4. The van der Waals surface area contributed by atoms with E-state index in [1.807, 2.05) is 6.07 Å². The number of aliphatic hydroxyl groups is 4. The van der Waals surface area contributed by atoms with E-state index in [2.05, 4.69) is 5.16 Å². The van der Waals surface area contributed by atoms with Crippen LogP contribution in [0.3, 0.4) is 0 Å². The SMILES string of the molecule is O=C(O)[C@H]1O[C@@H](ONS(=O)(=O)c2ccc(-c3c(-c4ccccc4)noc3CO)cc2)[C@H](O)[C@@H](O)[C@@H]1O. The Kier molecular flexibility index (Phi) is 7.49. The average molecular weight is 522 g/mol. The van der Waals surface area contributed by atoms with Gasteiger partial charge in [-0.05, 0) is 17.7 Å². The third-order valence-electron chi connectivity index (χ3n) is 5.49. The summed E-state index contributed by atoms with van der Waals surface area (Å²) in [5.41, 5.74) is 2.16. The van der Waals surface area contributed by atoms with Gasteiger partial charge in [-0.15, -0.1) is 0 Å². The Morgan fingerprint density at radius 3 is 2.25 bits per heavy atom. The molecule has 5 atom stereocenters. The summed E-state index contributed by atoms with van der Waals surface area (Å²) in [7, 11) is -4.36. The molecular formula is C22H22N2O11S. The van der Waals surface area contributed by atoms with Gasteiger partial charge in [0, 0.05) is 5.56 Å². The topological polar surface area (TPSA) is 209 Å². The normalized spacial score (nSPS) is 24.5. The predicted octanol–water partition coefficient (Wildman–Crippen LogP) is -0.397. The number of ether oxygens (including phenoxy) is 1.